The topological polar surface area (TPSA) is 118 Å². The molecule has 0 radical (unpaired) electrons. The summed E-state index contributed by atoms with van der Waals surface area (Å²) >= 11 is 0. The maximum absolute atomic E-state index is 13.0. The minimum absolute atomic E-state index is 0.0272. The Bertz CT molecular complexity index is 860. The zero-order chi connectivity index (χ0) is 19.8. The fourth-order valence-corrected chi connectivity index (χ4v) is 4.00. The standard InChI is InChI=1S/C19H22N4O4/c1-4-26-16-13(17(21)24)14-15(19(16,10-20)18(25)27-5-2)23(3)12-9-7-6-8-11(12)22-14/h6-9,14-15,22H,4-5H2,1-3H3,(H2,21,24). The van der Waals surface area contributed by atoms with Crippen LogP contribution >= 0.6 is 0 Å². The van der Waals surface area contributed by atoms with Crippen LogP contribution in [-0.4, -0.2) is 44.2 Å². The molecule has 3 rings (SSSR count). The van der Waals surface area contributed by atoms with Crippen LogP contribution in [0.2, 0.25) is 0 Å². The van der Waals surface area contributed by atoms with Crippen molar-refractivity contribution in [1.29, 1.82) is 5.26 Å². The number of hydrogen-bond donors (Lipinski definition) is 2. The number of likely N-dealkylation sites (N-methyl/N-ethyl adjacent to an activating group) is 1. The van der Waals surface area contributed by atoms with E-state index in [1.165, 1.54) is 0 Å². The molecule has 3 unspecified atom stereocenters. The van der Waals surface area contributed by atoms with Crippen LogP contribution in [0.3, 0.4) is 0 Å². The normalized spacial score (nSPS) is 25.8. The molecule has 2 aliphatic rings. The van der Waals surface area contributed by atoms with Crippen LogP contribution in [0.4, 0.5) is 11.4 Å². The summed E-state index contributed by atoms with van der Waals surface area (Å²) in [6.07, 6.45) is 0. The Balaban J connectivity index is 2.28. The highest BCUT2D eigenvalue weighted by Gasteiger charge is 2.66. The van der Waals surface area contributed by atoms with Crippen molar-refractivity contribution in [3.63, 3.8) is 0 Å². The molecule has 3 atom stereocenters. The summed E-state index contributed by atoms with van der Waals surface area (Å²) in [5.74, 6) is -1.52. The summed E-state index contributed by atoms with van der Waals surface area (Å²) < 4.78 is 10.9. The molecule has 0 fully saturated rings. The number of hydrogen-bond acceptors (Lipinski definition) is 7. The van der Waals surface area contributed by atoms with Gasteiger partial charge in [0.15, 0.2) is 0 Å². The third-order valence-electron chi connectivity index (χ3n) is 5.01. The van der Waals surface area contributed by atoms with Crippen molar-refractivity contribution in [2.24, 2.45) is 11.1 Å². The monoisotopic (exact) mass is 370 g/mol. The number of carbonyl (C=O) groups is 2. The van der Waals surface area contributed by atoms with Gasteiger partial charge in [0.25, 0.3) is 0 Å². The Morgan fingerprint density at radius 1 is 1.33 bits per heavy atom. The number of nitrogens with two attached hydrogens (primary N) is 1. The highest BCUT2D eigenvalue weighted by molar-refractivity contribution is 6.01. The van der Waals surface area contributed by atoms with Crippen LogP contribution in [-0.2, 0) is 19.1 Å². The number of nitriles is 1. The lowest BCUT2D eigenvalue weighted by molar-refractivity contribution is -0.152. The molecule has 0 saturated carbocycles. The van der Waals surface area contributed by atoms with E-state index in [9.17, 15) is 14.9 Å². The van der Waals surface area contributed by atoms with Crippen molar-refractivity contribution in [1.82, 2.24) is 0 Å². The smallest absolute Gasteiger partial charge is 0.336 e. The van der Waals surface area contributed by atoms with Gasteiger partial charge in [-0.2, -0.15) is 5.26 Å². The van der Waals surface area contributed by atoms with E-state index in [4.69, 9.17) is 15.2 Å². The molecule has 0 spiro atoms. The van der Waals surface area contributed by atoms with E-state index >= 15 is 0 Å². The fraction of sp³-hybridized carbons (Fsp3) is 0.421. The molecule has 8 heteroatoms. The Morgan fingerprint density at radius 3 is 2.63 bits per heavy atom. The van der Waals surface area contributed by atoms with Gasteiger partial charge in [0.1, 0.15) is 5.76 Å². The number of anilines is 2. The van der Waals surface area contributed by atoms with E-state index in [2.05, 4.69) is 11.4 Å². The molecule has 1 aliphatic carbocycles. The van der Waals surface area contributed by atoms with Crippen LogP contribution in [0, 0.1) is 16.7 Å². The van der Waals surface area contributed by atoms with Crippen molar-refractivity contribution in [3.8, 4) is 6.07 Å². The number of esters is 1. The highest BCUT2D eigenvalue weighted by Crippen LogP contribution is 2.51. The lowest BCUT2D eigenvalue weighted by atomic mass is 9.80. The molecule has 8 nitrogen and oxygen atoms in total. The van der Waals surface area contributed by atoms with Gasteiger partial charge < -0.3 is 25.4 Å². The highest BCUT2D eigenvalue weighted by atomic mass is 16.5. The van der Waals surface area contributed by atoms with Gasteiger partial charge in [-0.1, -0.05) is 12.1 Å². The van der Waals surface area contributed by atoms with Gasteiger partial charge in [-0.25, -0.2) is 4.79 Å². The first-order valence-electron chi connectivity index (χ1n) is 8.78. The van der Waals surface area contributed by atoms with Crippen molar-refractivity contribution < 1.29 is 19.1 Å². The largest absolute Gasteiger partial charge is 0.495 e. The Labute approximate surface area is 157 Å². The number of ether oxygens (including phenoxy) is 2. The van der Waals surface area contributed by atoms with E-state index in [1.807, 2.05) is 29.2 Å². The van der Waals surface area contributed by atoms with Crippen molar-refractivity contribution in [2.75, 3.05) is 30.5 Å². The SMILES string of the molecule is CCOC(=O)C1(C#N)C(OCC)=C(C(N)=O)C2Nc3ccccc3N(C)C21. The van der Waals surface area contributed by atoms with Gasteiger partial charge in [-0.15, -0.1) is 0 Å². The lowest BCUT2D eigenvalue weighted by Crippen LogP contribution is -2.58. The van der Waals surface area contributed by atoms with Gasteiger partial charge in [-0.05, 0) is 26.0 Å². The van der Waals surface area contributed by atoms with E-state index in [-0.39, 0.29) is 24.5 Å². The molecule has 1 aromatic carbocycles. The summed E-state index contributed by atoms with van der Waals surface area (Å²) in [5, 5.41) is 13.4. The quantitative estimate of drug-likeness (QED) is 0.747. The second-order valence-electron chi connectivity index (χ2n) is 6.38. The first-order chi connectivity index (χ1) is 12.9. The number of nitrogens with zero attached hydrogens (tertiary/aromatic N) is 2. The third kappa shape index (κ3) is 2.50. The molecular formula is C19H22N4O4. The van der Waals surface area contributed by atoms with E-state index < -0.39 is 29.4 Å². The molecule has 0 bridgehead atoms. The predicted octanol–water partition coefficient (Wildman–Crippen LogP) is 1.15. The van der Waals surface area contributed by atoms with Crippen molar-refractivity contribution in [3.05, 3.63) is 35.6 Å². The molecule has 1 heterocycles. The predicted molar refractivity (Wildman–Crippen MR) is 98.6 cm³/mol. The summed E-state index contributed by atoms with van der Waals surface area (Å²) in [4.78, 5) is 27.1. The average Bonchev–Trinajstić information content (AvgIpc) is 2.93. The molecule has 1 aliphatic heterocycles. The van der Waals surface area contributed by atoms with Crippen LogP contribution in [0.5, 0.6) is 0 Å². The summed E-state index contributed by atoms with van der Waals surface area (Å²) in [6, 6.07) is 8.10. The number of rotatable bonds is 5. The minimum Gasteiger partial charge on any atom is -0.495 e. The second-order valence-corrected chi connectivity index (χ2v) is 6.38. The molecule has 1 aromatic rings. The van der Waals surface area contributed by atoms with Crippen LogP contribution in [0.1, 0.15) is 13.8 Å². The second kappa shape index (κ2) is 6.83. The van der Waals surface area contributed by atoms with Gasteiger partial charge in [-0.3, -0.25) is 4.79 Å². The zero-order valence-electron chi connectivity index (χ0n) is 15.5. The number of benzene rings is 1. The molecule has 27 heavy (non-hydrogen) atoms. The van der Waals surface area contributed by atoms with E-state index in [0.29, 0.717) is 0 Å². The zero-order valence-corrected chi connectivity index (χ0v) is 15.5. The first-order valence-corrected chi connectivity index (χ1v) is 8.78. The summed E-state index contributed by atoms with van der Waals surface area (Å²) in [7, 11) is 1.77. The minimum atomic E-state index is -1.81. The van der Waals surface area contributed by atoms with Crippen molar-refractivity contribution in [2.45, 2.75) is 25.9 Å². The Morgan fingerprint density at radius 2 is 2.04 bits per heavy atom. The molecular weight excluding hydrogens is 348 g/mol. The number of nitrogens with one attached hydrogen (secondary N) is 1. The summed E-state index contributed by atoms with van der Waals surface area (Å²) in [5.41, 5.74) is 5.50. The van der Waals surface area contributed by atoms with E-state index in [1.54, 1.807) is 20.9 Å². The lowest BCUT2D eigenvalue weighted by Gasteiger charge is -2.43. The molecule has 0 saturated heterocycles. The number of fused-ring (bicyclic) bond motifs is 2. The first kappa shape index (κ1) is 18.6. The number of primary amides is 1. The number of amides is 1. The van der Waals surface area contributed by atoms with Gasteiger partial charge in [0.05, 0.1) is 48.3 Å². The van der Waals surface area contributed by atoms with Crippen LogP contribution < -0.4 is 16.0 Å². The molecule has 1 amide bonds. The summed E-state index contributed by atoms with van der Waals surface area (Å²) in [6.45, 7) is 3.64. The van der Waals surface area contributed by atoms with Gasteiger partial charge in [0, 0.05) is 7.05 Å². The Hall–Kier alpha value is -3.21. The Kier molecular flexibility index (Phi) is 4.70. The number of para-hydroxylation sites is 2. The van der Waals surface area contributed by atoms with Crippen LogP contribution in [0.15, 0.2) is 35.6 Å². The molecule has 142 valence electrons. The number of carbonyl (C=O) groups excluding carboxylic acids is 2. The maximum atomic E-state index is 13.0. The maximum Gasteiger partial charge on any atom is 0.336 e. The molecule has 3 N–H and O–H groups in total. The van der Waals surface area contributed by atoms with Gasteiger partial charge in [0.2, 0.25) is 11.3 Å². The van der Waals surface area contributed by atoms with Crippen LogP contribution in [0.25, 0.3) is 0 Å². The fourth-order valence-electron chi connectivity index (χ4n) is 4.00. The van der Waals surface area contributed by atoms with Gasteiger partial charge >= 0.3 is 5.97 Å². The van der Waals surface area contributed by atoms with E-state index in [0.717, 1.165) is 11.4 Å². The molecule has 0 aromatic heterocycles. The van der Waals surface area contributed by atoms with Crippen molar-refractivity contribution >= 4 is 23.3 Å². The third-order valence-corrected chi connectivity index (χ3v) is 5.01. The average molecular weight is 370 g/mol.